The highest BCUT2D eigenvalue weighted by atomic mass is 16.5. The van der Waals surface area contributed by atoms with Gasteiger partial charge in [-0.25, -0.2) is 0 Å². The molecule has 6 rings (SSSR count). The number of fused-ring (bicyclic) bond motifs is 2. The molecule has 4 aromatic carbocycles. The van der Waals surface area contributed by atoms with Gasteiger partial charge in [0.25, 0.3) is 0 Å². The lowest BCUT2D eigenvalue weighted by molar-refractivity contribution is -0.0554. The van der Waals surface area contributed by atoms with E-state index >= 15 is 0 Å². The first kappa shape index (κ1) is 30.6. The highest BCUT2D eigenvalue weighted by molar-refractivity contribution is 5.70. The third-order valence-electron chi connectivity index (χ3n) is 8.90. The number of rotatable bonds is 9. The van der Waals surface area contributed by atoms with Gasteiger partial charge in [-0.2, -0.15) is 0 Å². The second-order valence-corrected chi connectivity index (χ2v) is 11.6. The topological polar surface area (TPSA) is 138 Å². The minimum atomic E-state index is -0.979. The van der Waals surface area contributed by atoms with Crippen molar-refractivity contribution in [2.24, 2.45) is 11.8 Å². The Morgan fingerprint density at radius 2 is 1.51 bits per heavy atom. The largest absolute Gasteiger partial charge is 0.508 e. The summed E-state index contributed by atoms with van der Waals surface area (Å²) in [6, 6.07) is 19.3. The van der Waals surface area contributed by atoms with Crippen molar-refractivity contribution in [2.45, 2.75) is 31.5 Å². The van der Waals surface area contributed by atoms with Gasteiger partial charge in [0.15, 0.2) is 0 Å². The summed E-state index contributed by atoms with van der Waals surface area (Å²) >= 11 is 0. The summed E-state index contributed by atoms with van der Waals surface area (Å²) in [4.78, 5) is 0. The smallest absolute Gasteiger partial charge is 0.128 e. The van der Waals surface area contributed by atoms with E-state index in [1.54, 1.807) is 56.7 Å². The average Bonchev–Trinajstić information content (AvgIpc) is 3.04. The van der Waals surface area contributed by atoms with Gasteiger partial charge >= 0.3 is 0 Å². The quantitative estimate of drug-likeness (QED) is 0.175. The number of phenols is 2. The predicted octanol–water partition coefficient (Wildman–Crippen LogP) is 5.08. The van der Waals surface area contributed by atoms with Crippen LogP contribution in [-0.4, -0.2) is 59.6 Å². The van der Waals surface area contributed by atoms with E-state index in [0.29, 0.717) is 53.4 Å². The number of ether oxygens (including phenoxy) is 4. The predicted molar refractivity (Wildman–Crippen MR) is 167 cm³/mol. The fourth-order valence-electron chi connectivity index (χ4n) is 6.57. The van der Waals surface area contributed by atoms with Gasteiger partial charge in [0, 0.05) is 41.6 Å². The Labute approximate surface area is 261 Å². The molecule has 0 aliphatic carbocycles. The molecule has 45 heavy (non-hydrogen) atoms. The van der Waals surface area contributed by atoms with E-state index in [9.17, 15) is 25.5 Å². The van der Waals surface area contributed by atoms with Crippen LogP contribution < -0.4 is 18.9 Å². The van der Waals surface area contributed by atoms with E-state index in [1.807, 2.05) is 24.3 Å². The number of hydrogen-bond donors (Lipinski definition) is 5. The monoisotopic (exact) mass is 614 g/mol. The van der Waals surface area contributed by atoms with Crippen LogP contribution in [0.15, 0.2) is 66.7 Å². The molecule has 0 amide bonds. The summed E-state index contributed by atoms with van der Waals surface area (Å²) in [6.07, 6.45) is -0.352. The average molecular weight is 615 g/mol. The van der Waals surface area contributed by atoms with Gasteiger partial charge in [-0.05, 0) is 83.6 Å². The molecule has 4 aromatic rings. The minimum absolute atomic E-state index is 0.0614. The Balaban J connectivity index is 1.31. The molecule has 4 atom stereocenters. The molecular weight excluding hydrogens is 576 g/mol. The number of aliphatic hydroxyl groups is 3. The number of benzene rings is 4. The molecule has 9 nitrogen and oxygen atoms in total. The summed E-state index contributed by atoms with van der Waals surface area (Å²) in [6.45, 7) is 0.402. The Hall–Kier alpha value is -4.44. The van der Waals surface area contributed by atoms with Crippen LogP contribution in [0.5, 0.6) is 34.5 Å². The number of aliphatic hydroxyl groups excluding tert-OH is 3. The van der Waals surface area contributed by atoms with Gasteiger partial charge in [0.2, 0.25) is 0 Å². The van der Waals surface area contributed by atoms with Crippen molar-refractivity contribution in [1.82, 2.24) is 0 Å². The van der Waals surface area contributed by atoms with E-state index in [-0.39, 0.29) is 31.3 Å². The van der Waals surface area contributed by atoms with Crippen molar-refractivity contribution in [2.75, 3.05) is 34.0 Å². The third-order valence-corrected chi connectivity index (χ3v) is 8.90. The van der Waals surface area contributed by atoms with E-state index in [0.717, 1.165) is 27.8 Å². The van der Waals surface area contributed by atoms with Gasteiger partial charge in [0.05, 0.1) is 39.6 Å². The first-order chi connectivity index (χ1) is 21.8. The third kappa shape index (κ3) is 5.99. The summed E-state index contributed by atoms with van der Waals surface area (Å²) < 4.78 is 23.7. The van der Waals surface area contributed by atoms with Crippen molar-refractivity contribution in [3.05, 3.63) is 94.5 Å². The Morgan fingerprint density at radius 1 is 0.756 bits per heavy atom. The van der Waals surface area contributed by atoms with Crippen LogP contribution in [0.4, 0.5) is 0 Å². The minimum Gasteiger partial charge on any atom is -0.508 e. The molecular formula is C36H38O9. The SMILES string of the molecule is COc1cc(Cc2cc(O)ccc2-c2cccc(O)c2)c2c(c1)C(O)C(C1COc3cc(CCCO)c(OC)cc3C1O)CO2. The number of aromatic hydroxyl groups is 2. The van der Waals surface area contributed by atoms with Crippen LogP contribution in [0.25, 0.3) is 11.1 Å². The Morgan fingerprint density at radius 3 is 2.24 bits per heavy atom. The number of methoxy groups -OCH3 is 2. The molecule has 5 N–H and O–H groups in total. The molecule has 0 radical (unpaired) electrons. The lowest BCUT2D eigenvalue weighted by Crippen LogP contribution is -2.40. The van der Waals surface area contributed by atoms with Gasteiger partial charge in [0.1, 0.15) is 34.5 Å². The van der Waals surface area contributed by atoms with E-state index in [2.05, 4.69) is 0 Å². The second-order valence-electron chi connectivity index (χ2n) is 11.6. The molecule has 2 heterocycles. The van der Waals surface area contributed by atoms with Gasteiger partial charge in [-0.15, -0.1) is 0 Å². The Bertz CT molecular complexity index is 1680. The molecule has 0 aromatic heterocycles. The summed E-state index contributed by atoms with van der Waals surface area (Å²) in [7, 11) is 3.13. The van der Waals surface area contributed by atoms with Crippen LogP contribution in [0.2, 0.25) is 0 Å². The standard InChI is InChI=1S/C36H38O9/c1-42-26-14-23(11-22-13-25(39)8-9-27(22)20-5-3-7-24(38)12-20)36-29(16-26)35(41)31(19-45-36)30-18-44-33-15-21(6-4-10-37)32(43-2)17-28(33)34(30)40/h3,5,7-9,12-17,30-31,34-35,37-41H,4,6,10-11,18-19H2,1-2H3. The molecule has 9 heteroatoms. The van der Waals surface area contributed by atoms with Gasteiger partial charge in [-0.3, -0.25) is 0 Å². The van der Waals surface area contributed by atoms with Gasteiger partial charge < -0.3 is 44.5 Å². The molecule has 2 aliphatic rings. The maximum Gasteiger partial charge on any atom is 0.128 e. The van der Waals surface area contributed by atoms with E-state index < -0.39 is 24.0 Å². The number of phenolic OH excluding ortho intramolecular Hbond substituents is 2. The van der Waals surface area contributed by atoms with Crippen molar-refractivity contribution in [1.29, 1.82) is 0 Å². The molecule has 0 spiro atoms. The molecule has 0 saturated carbocycles. The molecule has 0 bridgehead atoms. The lowest BCUT2D eigenvalue weighted by Gasteiger charge is -2.40. The van der Waals surface area contributed by atoms with Crippen LogP contribution in [-0.2, 0) is 12.8 Å². The van der Waals surface area contributed by atoms with Crippen molar-refractivity contribution >= 4 is 0 Å². The van der Waals surface area contributed by atoms with Crippen LogP contribution >= 0.6 is 0 Å². The maximum absolute atomic E-state index is 11.8. The van der Waals surface area contributed by atoms with Gasteiger partial charge in [-0.1, -0.05) is 18.2 Å². The highest BCUT2D eigenvalue weighted by Crippen LogP contribution is 2.49. The van der Waals surface area contributed by atoms with E-state index in [4.69, 9.17) is 18.9 Å². The van der Waals surface area contributed by atoms with Crippen LogP contribution in [0, 0.1) is 11.8 Å². The fourth-order valence-corrected chi connectivity index (χ4v) is 6.57. The Kier molecular flexibility index (Phi) is 8.76. The lowest BCUT2D eigenvalue weighted by atomic mass is 9.76. The number of hydrogen-bond acceptors (Lipinski definition) is 9. The summed E-state index contributed by atoms with van der Waals surface area (Å²) in [5.41, 5.74) is 5.23. The number of aryl methyl sites for hydroxylation is 1. The van der Waals surface area contributed by atoms with Crippen molar-refractivity contribution < 1.29 is 44.5 Å². The highest BCUT2D eigenvalue weighted by Gasteiger charge is 2.43. The summed E-state index contributed by atoms with van der Waals surface area (Å²) in [5.74, 6) is 1.55. The van der Waals surface area contributed by atoms with Crippen molar-refractivity contribution in [3.63, 3.8) is 0 Å². The normalized spacial score (nSPS) is 20.4. The zero-order valence-corrected chi connectivity index (χ0v) is 25.3. The van der Waals surface area contributed by atoms with E-state index in [1.165, 1.54) is 0 Å². The molecule has 0 saturated heterocycles. The molecule has 4 unspecified atom stereocenters. The van der Waals surface area contributed by atoms with Crippen molar-refractivity contribution in [3.8, 4) is 45.6 Å². The fraction of sp³-hybridized carbons (Fsp3) is 0.333. The second kappa shape index (κ2) is 12.9. The molecule has 236 valence electrons. The molecule has 0 fully saturated rings. The van der Waals surface area contributed by atoms with Crippen LogP contribution in [0.3, 0.4) is 0 Å². The first-order valence-corrected chi connectivity index (χ1v) is 15.1. The molecule has 2 aliphatic heterocycles. The maximum atomic E-state index is 11.8. The zero-order valence-electron chi connectivity index (χ0n) is 25.3. The van der Waals surface area contributed by atoms with Crippen LogP contribution in [0.1, 0.15) is 46.4 Å². The zero-order chi connectivity index (χ0) is 31.7. The first-order valence-electron chi connectivity index (χ1n) is 15.1. The summed E-state index contributed by atoms with van der Waals surface area (Å²) in [5, 5.41) is 53.1.